The molecule has 1 aliphatic heterocycles. The molecule has 0 fully saturated rings. The summed E-state index contributed by atoms with van der Waals surface area (Å²) in [6.07, 6.45) is -0.461. The molecule has 1 atom stereocenters. The van der Waals surface area contributed by atoms with Crippen LogP contribution in [0.3, 0.4) is 0 Å². The second-order valence-corrected chi connectivity index (χ2v) is 11.5. The molecule has 1 aliphatic rings. The van der Waals surface area contributed by atoms with E-state index in [-0.39, 0.29) is 0 Å². The third kappa shape index (κ3) is 3.39. The van der Waals surface area contributed by atoms with E-state index in [0.717, 1.165) is 39.1 Å². The fraction of sp³-hybridized carbons (Fsp3) is 0.0256. The lowest BCUT2D eigenvalue weighted by molar-refractivity contribution is 0.506. The summed E-state index contributed by atoms with van der Waals surface area (Å²) in [5, 5.41) is 10.9. The van der Waals surface area contributed by atoms with Crippen LogP contribution in [-0.4, -0.2) is 25.6 Å². The molecule has 45 heavy (non-hydrogen) atoms. The van der Waals surface area contributed by atoms with Gasteiger partial charge in [0, 0.05) is 32.3 Å². The van der Waals surface area contributed by atoms with E-state index in [1.165, 1.54) is 32.3 Å². The molecular weight excluding hydrogens is 552 g/mol. The average molecular weight is 579 g/mol. The number of nitrogens with zero attached hydrogens (tertiary/aromatic N) is 5. The van der Waals surface area contributed by atoms with Gasteiger partial charge in [0.15, 0.2) is 0 Å². The van der Waals surface area contributed by atoms with Crippen LogP contribution < -0.4 is 5.32 Å². The lowest BCUT2D eigenvalue weighted by Crippen LogP contribution is -2.40. The fourth-order valence-electron chi connectivity index (χ4n) is 7.26. The molecule has 0 saturated carbocycles. The molecule has 9 aromatic rings. The number of nitrogens with one attached hydrogen (secondary N) is 1. The topological polar surface area (TPSA) is 51.5 Å². The van der Waals surface area contributed by atoms with Crippen LogP contribution in [0.25, 0.3) is 65.4 Å². The van der Waals surface area contributed by atoms with Crippen LogP contribution in [0.1, 0.15) is 6.29 Å². The Morgan fingerprint density at radius 2 is 0.733 bits per heavy atom. The summed E-state index contributed by atoms with van der Waals surface area (Å²) in [5.41, 5.74) is 6.56. The maximum atomic E-state index is 5.42. The lowest BCUT2D eigenvalue weighted by atomic mass is 10.2. The van der Waals surface area contributed by atoms with E-state index in [4.69, 9.17) is 9.98 Å². The Balaban J connectivity index is 1.31. The Hall–Kier alpha value is -6.14. The number of aromatic nitrogens is 3. The van der Waals surface area contributed by atoms with Gasteiger partial charge < -0.3 is 9.88 Å². The summed E-state index contributed by atoms with van der Waals surface area (Å²) in [4.78, 5) is 10.8. The molecule has 0 amide bonds. The molecule has 0 radical (unpaired) electrons. The molecular formula is C39H26N6. The van der Waals surface area contributed by atoms with E-state index >= 15 is 0 Å². The Morgan fingerprint density at radius 1 is 0.400 bits per heavy atom. The SMILES string of the molecule is c1ccc2c(c1)c1ccccc1n2C1=NC(n2c3ccccc3c3ccccc32)NC(n2c3ccccc3c3ccccc32)=N1. The Morgan fingerprint density at radius 3 is 1.16 bits per heavy atom. The van der Waals surface area contributed by atoms with Gasteiger partial charge in [-0.2, -0.15) is 4.99 Å². The van der Waals surface area contributed by atoms with E-state index in [9.17, 15) is 0 Å². The van der Waals surface area contributed by atoms with Crippen molar-refractivity contribution in [1.82, 2.24) is 19.0 Å². The van der Waals surface area contributed by atoms with Crippen LogP contribution in [-0.2, 0) is 0 Å². The van der Waals surface area contributed by atoms with E-state index in [0.29, 0.717) is 5.96 Å². The molecule has 0 aliphatic carbocycles. The largest absolute Gasteiger partial charge is 0.316 e. The zero-order valence-electron chi connectivity index (χ0n) is 24.2. The second-order valence-electron chi connectivity index (χ2n) is 11.5. The summed E-state index contributed by atoms with van der Waals surface area (Å²) >= 11 is 0. The van der Waals surface area contributed by atoms with Gasteiger partial charge in [0.1, 0.15) is 0 Å². The van der Waals surface area contributed by atoms with Gasteiger partial charge in [0.05, 0.1) is 33.1 Å². The number of hydrogen-bond acceptors (Lipinski definition) is 3. The maximum absolute atomic E-state index is 5.42. The predicted octanol–water partition coefficient (Wildman–Crippen LogP) is 8.88. The number of benzene rings is 6. The molecule has 0 spiro atoms. The highest BCUT2D eigenvalue weighted by molar-refractivity contribution is 6.18. The van der Waals surface area contributed by atoms with Gasteiger partial charge in [-0.25, -0.2) is 4.99 Å². The summed E-state index contributed by atoms with van der Waals surface area (Å²) in [6.45, 7) is 0. The van der Waals surface area contributed by atoms with Crippen molar-refractivity contribution in [3.05, 3.63) is 146 Å². The molecule has 0 bridgehead atoms. The lowest BCUT2D eigenvalue weighted by Gasteiger charge is -2.27. The first kappa shape index (κ1) is 24.3. The van der Waals surface area contributed by atoms with Gasteiger partial charge in [-0.3, -0.25) is 9.13 Å². The number of para-hydroxylation sites is 6. The van der Waals surface area contributed by atoms with Crippen molar-refractivity contribution in [2.24, 2.45) is 9.98 Å². The number of fused-ring (bicyclic) bond motifs is 9. The van der Waals surface area contributed by atoms with Crippen LogP contribution in [0.2, 0.25) is 0 Å². The summed E-state index contributed by atoms with van der Waals surface area (Å²) < 4.78 is 6.76. The summed E-state index contributed by atoms with van der Waals surface area (Å²) in [5.74, 6) is 1.36. The highest BCUT2D eigenvalue weighted by Gasteiger charge is 2.27. The predicted molar refractivity (Wildman–Crippen MR) is 186 cm³/mol. The second kappa shape index (κ2) is 9.18. The zero-order valence-corrected chi connectivity index (χ0v) is 24.2. The van der Waals surface area contributed by atoms with E-state index in [2.05, 4.69) is 165 Å². The number of aliphatic imine (C=N–C) groups is 2. The number of hydrogen-bond donors (Lipinski definition) is 1. The van der Waals surface area contributed by atoms with Gasteiger partial charge in [0.25, 0.3) is 0 Å². The minimum absolute atomic E-state index is 0.461. The average Bonchev–Trinajstić information content (AvgIpc) is 3.74. The van der Waals surface area contributed by atoms with E-state index < -0.39 is 6.29 Å². The van der Waals surface area contributed by atoms with Crippen molar-refractivity contribution in [3.63, 3.8) is 0 Å². The molecule has 6 aromatic carbocycles. The van der Waals surface area contributed by atoms with Crippen molar-refractivity contribution in [1.29, 1.82) is 0 Å². The standard InChI is InChI=1S/C39H26N6/c1-7-19-31-25(13-1)26-14-2-8-20-32(26)43(31)37-40-38(44-33-21-9-3-15-27(33)28-16-4-10-22-34(28)44)42-39(41-37)45-35-23-11-5-17-29(35)30-18-6-12-24-36(30)45/h1-24,37H,(H,40,41,42). The van der Waals surface area contributed by atoms with Crippen molar-refractivity contribution in [2.45, 2.75) is 6.29 Å². The molecule has 10 rings (SSSR count). The highest BCUT2D eigenvalue weighted by Crippen LogP contribution is 2.35. The molecule has 6 heteroatoms. The van der Waals surface area contributed by atoms with Gasteiger partial charge in [-0.15, -0.1) is 0 Å². The Kier molecular flexibility index (Phi) is 4.96. The van der Waals surface area contributed by atoms with Crippen LogP contribution >= 0.6 is 0 Å². The quantitative estimate of drug-likeness (QED) is 0.208. The third-order valence-electron chi connectivity index (χ3n) is 9.14. The molecule has 6 nitrogen and oxygen atoms in total. The Labute approximate surface area is 257 Å². The summed E-state index contributed by atoms with van der Waals surface area (Å²) in [6, 6.07) is 51.3. The van der Waals surface area contributed by atoms with Gasteiger partial charge in [-0.05, 0) is 36.4 Å². The van der Waals surface area contributed by atoms with Crippen LogP contribution in [0.4, 0.5) is 0 Å². The minimum atomic E-state index is -0.461. The van der Waals surface area contributed by atoms with Crippen molar-refractivity contribution < 1.29 is 0 Å². The first-order valence-corrected chi connectivity index (χ1v) is 15.2. The van der Waals surface area contributed by atoms with E-state index in [1.807, 2.05) is 0 Å². The highest BCUT2D eigenvalue weighted by atomic mass is 15.4. The molecule has 212 valence electrons. The normalized spacial score (nSPS) is 15.3. The van der Waals surface area contributed by atoms with Crippen molar-refractivity contribution in [3.8, 4) is 0 Å². The number of rotatable bonds is 1. The van der Waals surface area contributed by atoms with Gasteiger partial charge >= 0.3 is 0 Å². The molecule has 3 aromatic heterocycles. The van der Waals surface area contributed by atoms with Crippen LogP contribution in [0, 0.1) is 0 Å². The molecule has 1 N–H and O–H groups in total. The van der Waals surface area contributed by atoms with Crippen LogP contribution in [0.15, 0.2) is 156 Å². The molecule has 1 unspecified atom stereocenters. The first-order valence-electron chi connectivity index (χ1n) is 15.2. The summed E-state index contributed by atoms with van der Waals surface area (Å²) in [7, 11) is 0. The van der Waals surface area contributed by atoms with Gasteiger partial charge in [0.2, 0.25) is 18.2 Å². The third-order valence-corrected chi connectivity index (χ3v) is 9.14. The maximum Gasteiger partial charge on any atom is 0.236 e. The minimum Gasteiger partial charge on any atom is -0.316 e. The molecule has 4 heterocycles. The van der Waals surface area contributed by atoms with Gasteiger partial charge in [-0.1, -0.05) is 109 Å². The van der Waals surface area contributed by atoms with Crippen molar-refractivity contribution in [2.75, 3.05) is 0 Å². The monoisotopic (exact) mass is 578 g/mol. The molecule has 0 saturated heterocycles. The van der Waals surface area contributed by atoms with Crippen LogP contribution in [0.5, 0.6) is 0 Å². The van der Waals surface area contributed by atoms with Crippen molar-refractivity contribution >= 4 is 77.3 Å². The zero-order chi connectivity index (χ0) is 29.5. The smallest absolute Gasteiger partial charge is 0.236 e. The van der Waals surface area contributed by atoms with E-state index in [1.54, 1.807) is 0 Å². The Bertz CT molecular complexity index is 2540. The fourth-order valence-corrected chi connectivity index (χ4v) is 7.26. The first-order chi connectivity index (χ1) is 22.3.